The third-order valence-corrected chi connectivity index (χ3v) is 3.30. The molecule has 0 atom stereocenters. The van der Waals surface area contributed by atoms with Gasteiger partial charge in [0, 0.05) is 24.1 Å². The number of rotatable bonds is 4. The average Bonchev–Trinajstić information content (AvgIpc) is 2.82. The van der Waals surface area contributed by atoms with Gasteiger partial charge in [-0.05, 0) is 31.2 Å². The summed E-state index contributed by atoms with van der Waals surface area (Å²) in [5.41, 5.74) is 1.42. The van der Waals surface area contributed by atoms with E-state index in [4.69, 9.17) is 0 Å². The van der Waals surface area contributed by atoms with Crippen LogP contribution in [0.4, 0.5) is 5.69 Å². The van der Waals surface area contributed by atoms with Crippen LogP contribution in [0.5, 0.6) is 0 Å². The molecule has 4 heteroatoms. The van der Waals surface area contributed by atoms with Gasteiger partial charge in [0.1, 0.15) is 0 Å². The highest BCUT2D eigenvalue weighted by molar-refractivity contribution is 5.95. The first-order chi connectivity index (χ1) is 8.65. The van der Waals surface area contributed by atoms with Gasteiger partial charge >= 0.3 is 0 Å². The van der Waals surface area contributed by atoms with Gasteiger partial charge in [0.15, 0.2) is 12.3 Å². The van der Waals surface area contributed by atoms with E-state index < -0.39 is 0 Å². The number of likely N-dealkylation sites (tertiary alicyclic amines) is 1. The summed E-state index contributed by atoms with van der Waals surface area (Å²) in [5, 5.41) is 2.86. The van der Waals surface area contributed by atoms with Crippen molar-refractivity contribution in [2.24, 2.45) is 0 Å². The van der Waals surface area contributed by atoms with Gasteiger partial charge in [-0.1, -0.05) is 0 Å². The summed E-state index contributed by atoms with van der Waals surface area (Å²) in [6.07, 6.45) is 2.44. The number of benzene rings is 1. The zero-order chi connectivity index (χ0) is 13.0. The normalized spacial score (nSPS) is 15.6. The lowest BCUT2D eigenvalue weighted by atomic mass is 10.1. The molecule has 0 spiro atoms. The summed E-state index contributed by atoms with van der Waals surface area (Å²) in [5.74, 6) is 0.0804. The Labute approximate surface area is 107 Å². The van der Waals surface area contributed by atoms with Crippen molar-refractivity contribution >= 4 is 17.4 Å². The first kappa shape index (κ1) is 12.8. The van der Waals surface area contributed by atoms with Gasteiger partial charge in [-0.25, -0.2) is 0 Å². The van der Waals surface area contributed by atoms with Crippen molar-refractivity contribution in [2.75, 3.05) is 25.0 Å². The van der Waals surface area contributed by atoms with Crippen LogP contribution in [0, 0.1) is 0 Å². The molecule has 1 aromatic rings. The van der Waals surface area contributed by atoms with E-state index in [1.807, 2.05) is 0 Å². The predicted molar refractivity (Wildman–Crippen MR) is 69.9 cm³/mol. The lowest BCUT2D eigenvalue weighted by Gasteiger charge is -2.11. The molecule has 96 valence electrons. The molecule has 4 nitrogen and oxygen atoms in total. The Balaban J connectivity index is 1.88. The summed E-state index contributed by atoms with van der Waals surface area (Å²) in [6.45, 7) is 4.26. The number of carbonyl (C=O) groups excluding carboxylic acids is 2. The lowest BCUT2D eigenvalue weighted by Crippen LogP contribution is -3.11. The van der Waals surface area contributed by atoms with Crippen molar-refractivity contribution in [3.8, 4) is 0 Å². The first-order valence-electron chi connectivity index (χ1n) is 6.39. The molecule has 0 bridgehead atoms. The lowest BCUT2D eigenvalue weighted by molar-refractivity contribution is -0.878. The average molecular weight is 247 g/mol. The first-order valence-corrected chi connectivity index (χ1v) is 6.39. The van der Waals surface area contributed by atoms with Crippen LogP contribution < -0.4 is 10.2 Å². The van der Waals surface area contributed by atoms with E-state index >= 15 is 0 Å². The van der Waals surface area contributed by atoms with Crippen LogP contribution in [0.1, 0.15) is 30.1 Å². The summed E-state index contributed by atoms with van der Waals surface area (Å²) in [6, 6.07) is 7.02. The van der Waals surface area contributed by atoms with Crippen molar-refractivity contribution in [3.63, 3.8) is 0 Å². The number of anilines is 1. The minimum Gasteiger partial charge on any atom is -0.327 e. The smallest absolute Gasteiger partial charge is 0.279 e. The maximum Gasteiger partial charge on any atom is 0.279 e. The fourth-order valence-corrected chi connectivity index (χ4v) is 2.27. The molecule has 1 amide bonds. The zero-order valence-corrected chi connectivity index (χ0v) is 10.7. The highest BCUT2D eigenvalue weighted by Crippen LogP contribution is 2.09. The Kier molecular flexibility index (Phi) is 4.10. The van der Waals surface area contributed by atoms with E-state index in [9.17, 15) is 9.59 Å². The number of hydrogen-bond donors (Lipinski definition) is 2. The number of nitrogens with one attached hydrogen (secondary N) is 2. The van der Waals surface area contributed by atoms with E-state index in [-0.39, 0.29) is 11.7 Å². The molecule has 18 heavy (non-hydrogen) atoms. The summed E-state index contributed by atoms with van der Waals surface area (Å²) in [7, 11) is 0. The number of carbonyl (C=O) groups is 2. The fourth-order valence-electron chi connectivity index (χ4n) is 2.27. The van der Waals surface area contributed by atoms with Gasteiger partial charge in [-0.15, -0.1) is 0 Å². The molecule has 1 aromatic carbocycles. The van der Waals surface area contributed by atoms with Gasteiger partial charge in [-0.2, -0.15) is 0 Å². The number of ketones is 1. The third-order valence-electron chi connectivity index (χ3n) is 3.30. The molecule has 1 saturated heterocycles. The van der Waals surface area contributed by atoms with Crippen LogP contribution in [0.3, 0.4) is 0 Å². The second-order valence-electron chi connectivity index (χ2n) is 4.82. The second-order valence-corrected chi connectivity index (χ2v) is 4.82. The molecular formula is C14H19N2O2+. The maximum atomic E-state index is 11.8. The van der Waals surface area contributed by atoms with Crippen molar-refractivity contribution in [2.45, 2.75) is 19.8 Å². The van der Waals surface area contributed by atoms with Crippen LogP contribution in [0.15, 0.2) is 24.3 Å². The Morgan fingerprint density at radius 1 is 1.17 bits per heavy atom. The summed E-state index contributed by atoms with van der Waals surface area (Å²) in [4.78, 5) is 24.3. The van der Waals surface area contributed by atoms with E-state index in [0.717, 1.165) is 18.8 Å². The van der Waals surface area contributed by atoms with E-state index in [2.05, 4.69) is 5.32 Å². The summed E-state index contributed by atoms with van der Waals surface area (Å²) < 4.78 is 0. The Morgan fingerprint density at radius 2 is 1.78 bits per heavy atom. The van der Waals surface area contributed by atoms with Gasteiger partial charge in [-0.3, -0.25) is 9.59 Å². The van der Waals surface area contributed by atoms with E-state index in [1.165, 1.54) is 24.7 Å². The number of amides is 1. The molecule has 0 aromatic heterocycles. The van der Waals surface area contributed by atoms with Gasteiger partial charge in [0.25, 0.3) is 5.91 Å². The summed E-state index contributed by atoms with van der Waals surface area (Å²) >= 11 is 0. The van der Waals surface area contributed by atoms with Gasteiger partial charge in [0.2, 0.25) is 0 Å². The molecule has 1 aliphatic rings. The number of quaternary nitrogens is 1. The van der Waals surface area contributed by atoms with E-state index in [1.54, 1.807) is 24.3 Å². The molecule has 1 fully saturated rings. The second kappa shape index (κ2) is 5.78. The predicted octanol–water partition coefficient (Wildman–Crippen LogP) is 0.506. The maximum absolute atomic E-state index is 11.8. The quantitative estimate of drug-likeness (QED) is 0.762. The Hall–Kier alpha value is -1.68. The molecule has 1 heterocycles. The van der Waals surface area contributed by atoms with Crippen molar-refractivity contribution in [1.29, 1.82) is 0 Å². The van der Waals surface area contributed by atoms with Crippen LogP contribution in [0.2, 0.25) is 0 Å². The minimum absolute atomic E-state index is 0.0365. The molecule has 1 aliphatic heterocycles. The molecular weight excluding hydrogens is 228 g/mol. The molecule has 2 rings (SSSR count). The minimum atomic E-state index is 0.0365. The van der Waals surface area contributed by atoms with Crippen LogP contribution in [-0.4, -0.2) is 31.3 Å². The van der Waals surface area contributed by atoms with Crippen LogP contribution in [0.25, 0.3) is 0 Å². The standard InChI is InChI=1S/C14H18N2O2/c1-11(17)12-4-6-13(7-5-12)15-14(18)10-16-8-2-3-9-16/h4-7H,2-3,8-10H2,1H3,(H,15,18)/p+1. The third kappa shape index (κ3) is 3.40. The monoisotopic (exact) mass is 247 g/mol. The largest absolute Gasteiger partial charge is 0.327 e. The number of hydrogen-bond acceptors (Lipinski definition) is 2. The van der Waals surface area contributed by atoms with Crippen molar-refractivity contribution < 1.29 is 14.5 Å². The fraction of sp³-hybridized carbons (Fsp3) is 0.429. The van der Waals surface area contributed by atoms with Crippen LogP contribution in [-0.2, 0) is 4.79 Å². The molecule has 2 N–H and O–H groups in total. The Bertz CT molecular complexity index is 434. The van der Waals surface area contributed by atoms with Crippen LogP contribution >= 0.6 is 0 Å². The molecule has 0 saturated carbocycles. The van der Waals surface area contributed by atoms with Gasteiger partial charge in [0.05, 0.1) is 13.1 Å². The molecule has 0 unspecified atom stereocenters. The number of Topliss-reactive ketones (excluding diaryl/α,β-unsaturated/α-hetero) is 1. The molecule has 0 radical (unpaired) electrons. The van der Waals surface area contributed by atoms with Crippen molar-refractivity contribution in [1.82, 2.24) is 0 Å². The highest BCUT2D eigenvalue weighted by Gasteiger charge is 2.18. The van der Waals surface area contributed by atoms with Gasteiger partial charge < -0.3 is 10.2 Å². The SMILES string of the molecule is CC(=O)c1ccc(NC(=O)C[NH+]2CCCC2)cc1. The topological polar surface area (TPSA) is 50.6 Å². The van der Waals surface area contributed by atoms with E-state index in [0.29, 0.717) is 12.1 Å². The Morgan fingerprint density at radius 3 is 2.33 bits per heavy atom. The highest BCUT2D eigenvalue weighted by atomic mass is 16.2. The zero-order valence-electron chi connectivity index (χ0n) is 10.7. The van der Waals surface area contributed by atoms with Crippen molar-refractivity contribution in [3.05, 3.63) is 29.8 Å². The molecule has 0 aliphatic carbocycles.